The minimum absolute atomic E-state index is 0.153. The van der Waals surface area contributed by atoms with Gasteiger partial charge in [0.2, 0.25) is 11.9 Å². The smallest absolute Gasteiger partial charge is 0.309 e. The summed E-state index contributed by atoms with van der Waals surface area (Å²) >= 11 is 0. The Morgan fingerprint density at radius 2 is 1.04 bits per heavy atom. The molecule has 2 aliphatic rings. The highest BCUT2D eigenvalue weighted by Crippen LogP contribution is 2.36. The van der Waals surface area contributed by atoms with Gasteiger partial charge in [0.05, 0.1) is 51.5 Å². The van der Waals surface area contributed by atoms with Crippen LogP contribution >= 0.6 is 0 Å². The van der Waals surface area contributed by atoms with Crippen LogP contribution in [0, 0.1) is 11.8 Å². The SMILES string of the molecule is CCOC(=O)C1CCN(c2nc(N(CCOC)CCOC)nc3c(N4CCC(C(=O)OCC)CC4)nc(N(CCO)CCO)nc23)CC1. The van der Waals surface area contributed by atoms with E-state index in [0.29, 0.717) is 126 Å². The molecule has 0 radical (unpaired) electrons. The van der Waals surface area contributed by atoms with Gasteiger partial charge in [0, 0.05) is 66.6 Å². The lowest BCUT2D eigenvalue weighted by Gasteiger charge is -2.35. The zero-order valence-corrected chi connectivity index (χ0v) is 28.8. The Morgan fingerprint density at radius 1 is 0.667 bits per heavy atom. The summed E-state index contributed by atoms with van der Waals surface area (Å²) in [4.78, 5) is 53.3. The van der Waals surface area contributed by atoms with Crippen LogP contribution < -0.4 is 19.6 Å². The van der Waals surface area contributed by atoms with Gasteiger partial charge in [0.15, 0.2) is 11.6 Å². The number of piperidine rings is 2. The van der Waals surface area contributed by atoms with Gasteiger partial charge in [-0.2, -0.15) is 9.97 Å². The molecule has 2 aromatic rings. The maximum absolute atomic E-state index is 12.6. The van der Waals surface area contributed by atoms with Crippen molar-refractivity contribution in [1.29, 1.82) is 0 Å². The molecule has 0 amide bonds. The first-order chi connectivity index (χ1) is 23.4. The van der Waals surface area contributed by atoms with E-state index in [1.54, 1.807) is 19.1 Å². The fourth-order valence-electron chi connectivity index (χ4n) is 6.13. The number of anilines is 4. The molecule has 0 atom stereocenters. The van der Waals surface area contributed by atoms with E-state index in [2.05, 4.69) is 9.80 Å². The first-order valence-corrected chi connectivity index (χ1v) is 17.0. The van der Waals surface area contributed by atoms with Crippen molar-refractivity contribution in [3.05, 3.63) is 0 Å². The van der Waals surface area contributed by atoms with Gasteiger partial charge in [-0.1, -0.05) is 0 Å². The highest BCUT2D eigenvalue weighted by molar-refractivity contribution is 5.95. The number of hydrogen-bond acceptors (Lipinski definition) is 16. The summed E-state index contributed by atoms with van der Waals surface area (Å²) in [5, 5.41) is 19.7. The molecule has 0 aliphatic carbocycles. The lowest BCUT2D eigenvalue weighted by atomic mass is 9.96. The number of rotatable bonds is 18. The number of aromatic nitrogens is 4. The molecule has 268 valence electrons. The zero-order chi connectivity index (χ0) is 34.5. The molecule has 0 bridgehead atoms. The van der Waals surface area contributed by atoms with Gasteiger partial charge < -0.3 is 48.8 Å². The van der Waals surface area contributed by atoms with Crippen LogP contribution in [0.15, 0.2) is 0 Å². The molecule has 2 aromatic heterocycles. The second-order valence-electron chi connectivity index (χ2n) is 11.8. The standard InChI is InChI=1S/C32H52N8O8/c1-5-47-29(43)23-7-11-37(12-8-23)27-26-25(33-31(35-27)39(15-19-41)16-20-42)28(38-13-9-24(10-14-38)30(44)48-6-2)36-32(34-26)40(17-21-45-3)18-22-46-4/h23-24,41-42H,5-22H2,1-4H3. The van der Waals surface area contributed by atoms with Crippen LogP contribution in [0.3, 0.4) is 0 Å². The van der Waals surface area contributed by atoms with E-state index in [9.17, 15) is 19.8 Å². The molecular formula is C32H52N8O8. The van der Waals surface area contributed by atoms with Crippen LogP contribution in [0.4, 0.5) is 23.5 Å². The van der Waals surface area contributed by atoms with E-state index >= 15 is 0 Å². The van der Waals surface area contributed by atoms with Crippen LogP contribution in [0.2, 0.25) is 0 Å². The molecule has 2 N–H and O–H groups in total. The Kier molecular flexibility index (Phi) is 14.6. The highest BCUT2D eigenvalue weighted by Gasteiger charge is 2.32. The molecule has 16 nitrogen and oxygen atoms in total. The summed E-state index contributed by atoms with van der Waals surface area (Å²) in [7, 11) is 3.29. The van der Waals surface area contributed by atoms with Crippen LogP contribution in [0.1, 0.15) is 39.5 Å². The molecule has 4 heterocycles. The van der Waals surface area contributed by atoms with Crippen molar-refractivity contribution >= 4 is 46.5 Å². The van der Waals surface area contributed by atoms with Crippen molar-refractivity contribution in [2.75, 3.05) is 126 Å². The number of aliphatic hydroxyl groups is 2. The van der Waals surface area contributed by atoms with E-state index in [1.807, 2.05) is 18.7 Å². The van der Waals surface area contributed by atoms with Crippen molar-refractivity contribution in [2.24, 2.45) is 11.8 Å². The Labute approximate surface area is 282 Å². The Bertz CT molecular complexity index is 1310. The van der Waals surface area contributed by atoms with Gasteiger partial charge in [-0.25, -0.2) is 9.97 Å². The lowest BCUT2D eigenvalue weighted by Crippen LogP contribution is -2.40. The minimum atomic E-state index is -0.200. The number of fused-ring (bicyclic) bond motifs is 1. The molecule has 0 unspecified atom stereocenters. The van der Waals surface area contributed by atoms with E-state index in [-0.39, 0.29) is 50.1 Å². The maximum atomic E-state index is 12.6. The van der Waals surface area contributed by atoms with Gasteiger partial charge in [-0.3, -0.25) is 9.59 Å². The number of carbonyl (C=O) groups excluding carboxylic acids is 2. The molecule has 48 heavy (non-hydrogen) atoms. The normalized spacial score (nSPS) is 16.0. The molecule has 0 saturated carbocycles. The first kappa shape index (κ1) is 37.2. The monoisotopic (exact) mass is 676 g/mol. The largest absolute Gasteiger partial charge is 0.466 e. The molecule has 16 heteroatoms. The number of carbonyl (C=O) groups is 2. The van der Waals surface area contributed by atoms with Crippen LogP contribution in [-0.2, 0) is 28.5 Å². The van der Waals surface area contributed by atoms with Gasteiger partial charge in [-0.15, -0.1) is 0 Å². The molecule has 0 aromatic carbocycles. The third kappa shape index (κ3) is 9.30. The third-order valence-corrected chi connectivity index (χ3v) is 8.75. The van der Waals surface area contributed by atoms with Crippen molar-refractivity contribution < 1.29 is 38.7 Å². The Balaban J connectivity index is 1.86. The van der Waals surface area contributed by atoms with E-state index in [1.165, 1.54) is 0 Å². The fourth-order valence-corrected chi connectivity index (χ4v) is 6.13. The number of ether oxygens (including phenoxy) is 4. The summed E-state index contributed by atoms with van der Waals surface area (Å²) in [5.41, 5.74) is 1.08. The van der Waals surface area contributed by atoms with E-state index in [4.69, 9.17) is 38.9 Å². The second kappa shape index (κ2) is 18.8. The molecule has 2 saturated heterocycles. The second-order valence-corrected chi connectivity index (χ2v) is 11.8. The summed E-state index contributed by atoms with van der Waals surface area (Å²) < 4.78 is 21.4. The highest BCUT2D eigenvalue weighted by atomic mass is 16.5. The number of nitrogens with zero attached hydrogens (tertiary/aromatic N) is 8. The quantitative estimate of drug-likeness (QED) is 0.213. The number of aliphatic hydroxyl groups excluding tert-OH is 2. The van der Waals surface area contributed by atoms with Gasteiger partial charge in [-0.05, 0) is 39.5 Å². The van der Waals surface area contributed by atoms with Gasteiger partial charge in [0.25, 0.3) is 0 Å². The Hall–Kier alpha value is -3.60. The van der Waals surface area contributed by atoms with E-state index < -0.39 is 0 Å². The fraction of sp³-hybridized carbons (Fsp3) is 0.750. The number of methoxy groups -OCH3 is 2. The predicted molar refractivity (Wildman–Crippen MR) is 181 cm³/mol. The average molecular weight is 677 g/mol. The summed E-state index contributed by atoms with van der Waals surface area (Å²) in [6, 6.07) is 0. The zero-order valence-electron chi connectivity index (χ0n) is 28.8. The van der Waals surface area contributed by atoms with Gasteiger partial charge >= 0.3 is 11.9 Å². The van der Waals surface area contributed by atoms with Crippen LogP contribution in [0.5, 0.6) is 0 Å². The molecular weight excluding hydrogens is 624 g/mol. The predicted octanol–water partition coefficient (Wildman–Crippen LogP) is 0.869. The third-order valence-electron chi connectivity index (χ3n) is 8.75. The van der Waals surface area contributed by atoms with Crippen LogP contribution in [-0.4, -0.2) is 148 Å². The maximum Gasteiger partial charge on any atom is 0.309 e. The first-order valence-electron chi connectivity index (χ1n) is 17.0. The molecule has 2 aliphatic heterocycles. The average Bonchev–Trinajstić information content (AvgIpc) is 3.11. The summed E-state index contributed by atoms with van der Waals surface area (Å²) in [5.74, 6) is 1.24. The van der Waals surface area contributed by atoms with Crippen molar-refractivity contribution in [1.82, 2.24) is 19.9 Å². The molecule has 4 rings (SSSR count). The number of hydrogen-bond donors (Lipinski definition) is 2. The molecule has 0 spiro atoms. The minimum Gasteiger partial charge on any atom is -0.466 e. The van der Waals surface area contributed by atoms with Crippen molar-refractivity contribution in [3.8, 4) is 0 Å². The lowest BCUT2D eigenvalue weighted by molar-refractivity contribution is -0.149. The topological polar surface area (TPSA) is 176 Å². The summed E-state index contributed by atoms with van der Waals surface area (Å²) in [6.45, 7) is 8.59. The van der Waals surface area contributed by atoms with Gasteiger partial charge in [0.1, 0.15) is 11.0 Å². The number of esters is 2. The Morgan fingerprint density at radius 3 is 1.38 bits per heavy atom. The summed E-state index contributed by atoms with van der Waals surface area (Å²) in [6.07, 6.45) is 2.39. The molecule has 2 fully saturated rings. The van der Waals surface area contributed by atoms with Crippen molar-refractivity contribution in [3.63, 3.8) is 0 Å². The van der Waals surface area contributed by atoms with Crippen LogP contribution in [0.25, 0.3) is 11.0 Å². The van der Waals surface area contributed by atoms with E-state index in [0.717, 1.165) is 0 Å². The van der Waals surface area contributed by atoms with Crippen molar-refractivity contribution in [2.45, 2.75) is 39.5 Å².